The summed E-state index contributed by atoms with van der Waals surface area (Å²) < 4.78 is 5.44. The van der Waals surface area contributed by atoms with Crippen LogP contribution in [-0.2, 0) is 4.74 Å². The van der Waals surface area contributed by atoms with Gasteiger partial charge in [-0.25, -0.2) is 0 Å². The van der Waals surface area contributed by atoms with Crippen LogP contribution in [0.25, 0.3) is 0 Å². The maximum atomic E-state index is 8.99. The van der Waals surface area contributed by atoms with E-state index in [-0.39, 0.29) is 12.2 Å². The first-order valence-electron chi connectivity index (χ1n) is 4.16. The highest BCUT2D eigenvalue weighted by Crippen LogP contribution is 2.45. The number of rotatable bonds is 1. The molecular weight excluding hydrogens is 128 g/mol. The maximum Gasteiger partial charge on any atom is 0.118 e. The molecule has 0 amide bonds. The average Bonchev–Trinajstić information content (AvgIpc) is 2.59. The summed E-state index contributed by atoms with van der Waals surface area (Å²) >= 11 is 0. The van der Waals surface area contributed by atoms with Crippen LogP contribution < -0.4 is 0 Å². The summed E-state index contributed by atoms with van der Waals surface area (Å²) in [4.78, 5) is 0. The van der Waals surface area contributed by atoms with E-state index in [1.807, 2.05) is 0 Å². The first-order chi connectivity index (χ1) is 4.87. The van der Waals surface area contributed by atoms with Gasteiger partial charge >= 0.3 is 0 Å². The standard InChI is InChI=1S/C8H14O2/c9-6-8-5-3-1-2-4-7(8)10-8/h7,9H,1-6H2/t7-,8-/m0/s1. The SMILES string of the molecule is OC[C@@]12CCCCC[C@@H]1O2. The normalized spacial score (nSPS) is 45.9. The molecule has 0 aromatic heterocycles. The number of hydrogen-bond acceptors (Lipinski definition) is 2. The second-order valence-electron chi connectivity index (χ2n) is 3.43. The van der Waals surface area contributed by atoms with Crippen molar-refractivity contribution in [1.29, 1.82) is 0 Å². The van der Waals surface area contributed by atoms with E-state index in [4.69, 9.17) is 9.84 Å². The first kappa shape index (κ1) is 6.62. The Kier molecular flexibility index (Phi) is 1.46. The largest absolute Gasteiger partial charge is 0.393 e. The van der Waals surface area contributed by atoms with Gasteiger partial charge in [-0.1, -0.05) is 19.3 Å². The van der Waals surface area contributed by atoms with Crippen molar-refractivity contribution < 1.29 is 9.84 Å². The fourth-order valence-corrected chi connectivity index (χ4v) is 1.94. The summed E-state index contributed by atoms with van der Waals surface area (Å²) in [7, 11) is 0. The van der Waals surface area contributed by atoms with Gasteiger partial charge in [-0.3, -0.25) is 0 Å². The Labute approximate surface area is 61.2 Å². The van der Waals surface area contributed by atoms with Crippen LogP contribution in [0.4, 0.5) is 0 Å². The zero-order valence-electron chi connectivity index (χ0n) is 6.18. The molecule has 0 radical (unpaired) electrons. The molecule has 0 unspecified atom stereocenters. The lowest BCUT2D eigenvalue weighted by molar-refractivity contribution is 0.159. The molecule has 1 aliphatic heterocycles. The van der Waals surface area contributed by atoms with Gasteiger partial charge in [0.25, 0.3) is 0 Å². The Morgan fingerprint density at radius 3 is 3.10 bits per heavy atom. The third kappa shape index (κ3) is 0.867. The van der Waals surface area contributed by atoms with Gasteiger partial charge in [-0.15, -0.1) is 0 Å². The van der Waals surface area contributed by atoms with Crippen LogP contribution >= 0.6 is 0 Å². The number of ether oxygens (including phenoxy) is 1. The molecule has 0 bridgehead atoms. The Morgan fingerprint density at radius 1 is 1.40 bits per heavy atom. The van der Waals surface area contributed by atoms with Gasteiger partial charge in [0.05, 0.1) is 12.7 Å². The van der Waals surface area contributed by atoms with Crippen molar-refractivity contribution in [2.45, 2.75) is 43.8 Å². The van der Waals surface area contributed by atoms with E-state index in [0.29, 0.717) is 6.10 Å². The van der Waals surface area contributed by atoms with E-state index >= 15 is 0 Å². The molecule has 1 saturated heterocycles. The van der Waals surface area contributed by atoms with Gasteiger partial charge in [0.1, 0.15) is 5.60 Å². The van der Waals surface area contributed by atoms with Gasteiger partial charge in [0.15, 0.2) is 0 Å². The van der Waals surface area contributed by atoms with Crippen LogP contribution in [-0.4, -0.2) is 23.4 Å². The van der Waals surface area contributed by atoms with Gasteiger partial charge in [-0.05, 0) is 12.8 Å². The number of aliphatic hydroxyl groups is 1. The molecule has 2 aliphatic rings. The summed E-state index contributed by atoms with van der Waals surface area (Å²) in [6, 6.07) is 0. The third-order valence-corrected chi connectivity index (χ3v) is 2.74. The van der Waals surface area contributed by atoms with Crippen LogP contribution in [0, 0.1) is 0 Å². The smallest absolute Gasteiger partial charge is 0.118 e. The summed E-state index contributed by atoms with van der Waals surface area (Å²) in [5.41, 5.74) is -0.0729. The number of fused-ring (bicyclic) bond motifs is 1. The predicted octanol–water partition coefficient (Wildman–Crippen LogP) is 1.08. The second kappa shape index (κ2) is 2.21. The van der Waals surface area contributed by atoms with E-state index in [0.717, 1.165) is 6.42 Å². The van der Waals surface area contributed by atoms with Gasteiger partial charge in [0.2, 0.25) is 0 Å². The van der Waals surface area contributed by atoms with Gasteiger partial charge in [0, 0.05) is 0 Å². The summed E-state index contributed by atoms with van der Waals surface area (Å²) in [5.74, 6) is 0. The highest BCUT2D eigenvalue weighted by Gasteiger charge is 2.55. The van der Waals surface area contributed by atoms with Crippen LogP contribution in [0.1, 0.15) is 32.1 Å². The fraction of sp³-hybridized carbons (Fsp3) is 1.00. The van der Waals surface area contributed by atoms with Crippen LogP contribution in [0.2, 0.25) is 0 Å². The van der Waals surface area contributed by atoms with Gasteiger partial charge in [-0.2, -0.15) is 0 Å². The lowest BCUT2D eigenvalue weighted by Gasteiger charge is -2.04. The summed E-state index contributed by atoms with van der Waals surface area (Å²) in [6.07, 6.45) is 6.49. The molecule has 2 atom stereocenters. The maximum absolute atomic E-state index is 8.99. The Hall–Kier alpha value is -0.0800. The Morgan fingerprint density at radius 2 is 2.30 bits per heavy atom. The topological polar surface area (TPSA) is 32.8 Å². The second-order valence-corrected chi connectivity index (χ2v) is 3.43. The van der Waals surface area contributed by atoms with Crippen molar-refractivity contribution in [3.05, 3.63) is 0 Å². The molecule has 1 N–H and O–H groups in total. The van der Waals surface area contributed by atoms with Crippen LogP contribution in [0.3, 0.4) is 0 Å². The molecule has 10 heavy (non-hydrogen) atoms. The molecule has 1 saturated carbocycles. The number of epoxide rings is 1. The molecule has 2 nitrogen and oxygen atoms in total. The Bertz CT molecular complexity index is 133. The minimum Gasteiger partial charge on any atom is -0.393 e. The molecule has 2 heteroatoms. The van der Waals surface area contributed by atoms with E-state index in [9.17, 15) is 0 Å². The predicted molar refractivity (Wildman–Crippen MR) is 37.8 cm³/mol. The molecule has 1 heterocycles. The summed E-state index contributed by atoms with van der Waals surface area (Å²) in [5, 5.41) is 8.99. The van der Waals surface area contributed by atoms with Crippen LogP contribution in [0.5, 0.6) is 0 Å². The Balaban J connectivity index is 1.99. The first-order valence-corrected chi connectivity index (χ1v) is 4.16. The lowest BCUT2D eigenvalue weighted by Crippen LogP contribution is -2.18. The van der Waals surface area contributed by atoms with E-state index in [1.54, 1.807) is 0 Å². The lowest BCUT2D eigenvalue weighted by atomic mass is 10.0. The van der Waals surface area contributed by atoms with E-state index < -0.39 is 0 Å². The average molecular weight is 142 g/mol. The molecule has 0 aromatic carbocycles. The number of hydrogen-bond donors (Lipinski definition) is 1. The highest BCUT2D eigenvalue weighted by atomic mass is 16.6. The molecule has 2 fully saturated rings. The van der Waals surface area contributed by atoms with E-state index in [2.05, 4.69) is 0 Å². The zero-order chi connectivity index (χ0) is 7.03. The zero-order valence-corrected chi connectivity index (χ0v) is 6.18. The molecular formula is C8H14O2. The minimum atomic E-state index is -0.0729. The highest BCUT2D eigenvalue weighted by molar-refractivity contribution is 5.03. The van der Waals surface area contributed by atoms with Crippen LogP contribution in [0.15, 0.2) is 0 Å². The molecule has 58 valence electrons. The van der Waals surface area contributed by atoms with Crippen molar-refractivity contribution in [2.75, 3.05) is 6.61 Å². The molecule has 2 rings (SSSR count). The third-order valence-electron chi connectivity index (χ3n) is 2.74. The van der Waals surface area contributed by atoms with Crippen molar-refractivity contribution in [1.82, 2.24) is 0 Å². The van der Waals surface area contributed by atoms with E-state index in [1.165, 1.54) is 25.7 Å². The summed E-state index contributed by atoms with van der Waals surface area (Å²) in [6.45, 7) is 0.234. The molecule has 0 aromatic rings. The minimum absolute atomic E-state index is 0.0729. The number of aliphatic hydroxyl groups excluding tert-OH is 1. The quantitative estimate of drug-likeness (QED) is 0.556. The molecule has 1 aliphatic carbocycles. The monoisotopic (exact) mass is 142 g/mol. The van der Waals surface area contributed by atoms with Crippen molar-refractivity contribution >= 4 is 0 Å². The van der Waals surface area contributed by atoms with Crippen molar-refractivity contribution in [3.63, 3.8) is 0 Å². The molecule has 0 spiro atoms. The van der Waals surface area contributed by atoms with Crippen molar-refractivity contribution in [3.8, 4) is 0 Å². The van der Waals surface area contributed by atoms with Gasteiger partial charge < -0.3 is 9.84 Å². The fourth-order valence-electron chi connectivity index (χ4n) is 1.94. The van der Waals surface area contributed by atoms with Crippen molar-refractivity contribution in [2.24, 2.45) is 0 Å².